The zero-order valence-corrected chi connectivity index (χ0v) is 13.9. The number of alkyl halides is 1. The normalized spacial score (nSPS) is 12.2. The van der Waals surface area contributed by atoms with E-state index in [0.29, 0.717) is 18.8 Å². The first-order valence-electron chi connectivity index (χ1n) is 7.99. The number of likely N-dealkylation sites (N-methyl/N-ethyl adjacent to an activating group) is 1. The van der Waals surface area contributed by atoms with Crippen LogP contribution < -0.4 is 9.47 Å². The number of benzene rings is 2. The second-order valence-corrected chi connectivity index (χ2v) is 5.66. The van der Waals surface area contributed by atoms with Crippen LogP contribution in [0.25, 0.3) is 0 Å². The Balaban J connectivity index is 1.72. The van der Waals surface area contributed by atoms with Gasteiger partial charge in [-0.1, -0.05) is 30.3 Å². The zero-order chi connectivity index (χ0) is 17.2. The molecule has 0 aliphatic rings. The summed E-state index contributed by atoms with van der Waals surface area (Å²) in [6.45, 7) is 1.05. The number of halogens is 1. The van der Waals surface area contributed by atoms with Crippen LogP contribution in [0.4, 0.5) is 4.39 Å². The first-order valence-corrected chi connectivity index (χ1v) is 7.99. The summed E-state index contributed by atoms with van der Waals surface area (Å²) in [6, 6.07) is 17.0. The summed E-state index contributed by atoms with van der Waals surface area (Å²) < 4.78 is 22.8. The van der Waals surface area contributed by atoms with Gasteiger partial charge in [-0.3, -0.25) is 4.90 Å². The molecule has 4 nitrogen and oxygen atoms in total. The molecule has 0 amide bonds. The van der Waals surface area contributed by atoms with E-state index in [-0.39, 0.29) is 13.2 Å². The topological polar surface area (TPSA) is 41.9 Å². The van der Waals surface area contributed by atoms with Crippen LogP contribution >= 0.6 is 0 Å². The molecule has 0 aliphatic carbocycles. The Labute approximate surface area is 142 Å². The standard InChI is InChI=1S/C19H24FNO3/c1-21(13-16-7-9-19(10-8-16)23-12-11-20)14-17(22)15-24-18-5-3-2-4-6-18/h2-10,17,22H,11-15H2,1H3/t17-/m0/s1. The number of hydrogen-bond donors (Lipinski definition) is 1. The van der Waals surface area contributed by atoms with E-state index in [1.807, 2.05) is 66.5 Å². The lowest BCUT2D eigenvalue weighted by atomic mass is 10.2. The summed E-state index contributed by atoms with van der Waals surface area (Å²) in [4.78, 5) is 2.02. The van der Waals surface area contributed by atoms with Gasteiger partial charge in [0.25, 0.3) is 0 Å². The van der Waals surface area contributed by atoms with Crippen LogP contribution in [0.15, 0.2) is 54.6 Å². The fourth-order valence-electron chi connectivity index (χ4n) is 2.35. The molecule has 0 heterocycles. The molecule has 5 heteroatoms. The van der Waals surface area contributed by atoms with Crippen molar-refractivity contribution in [1.29, 1.82) is 0 Å². The van der Waals surface area contributed by atoms with E-state index in [0.717, 1.165) is 11.3 Å². The lowest BCUT2D eigenvalue weighted by Gasteiger charge is -2.21. The number of aliphatic hydroxyl groups excluding tert-OH is 1. The van der Waals surface area contributed by atoms with Crippen molar-refractivity contribution in [2.24, 2.45) is 0 Å². The average molecular weight is 333 g/mol. The summed E-state index contributed by atoms with van der Waals surface area (Å²) >= 11 is 0. The van der Waals surface area contributed by atoms with Gasteiger partial charge in [0, 0.05) is 13.1 Å². The highest BCUT2D eigenvalue weighted by molar-refractivity contribution is 5.27. The molecule has 0 saturated heterocycles. The van der Waals surface area contributed by atoms with E-state index in [1.54, 1.807) is 0 Å². The molecule has 0 aliphatic heterocycles. The lowest BCUT2D eigenvalue weighted by molar-refractivity contribution is 0.0744. The smallest absolute Gasteiger partial charge is 0.123 e. The van der Waals surface area contributed by atoms with Gasteiger partial charge in [-0.2, -0.15) is 0 Å². The maximum Gasteiger partial charge on any atom is 0.123 e. The molecule has 1 atom stereocenters. The molecule has 0 unspecified atom stereocenters. The Morgan fingerprint density at radius 2 is 1.67 bits per heavy atom. The first-order chi connectivity index (χ1) is 11.7. The van der Waals surface area contributed by atoms with Gasteiger partial charge in [0.05, 0.1) is 0 Å². The summed E-state index contributed by atoms with van der Waals surface area (Å²) in [5, 5.41) is 10.1. The van der Waals surface area contributed by atoms with Crippen LogP contribution in [0.3, 0.4) is 0 Å². The van der Waals surface area contributed by atoms with Crippen molar-refractivity contribution < 1.29 is 19.0 Å². The number of aliphatic hydroxyl groups is 1. The SMILES string of the molecule is CN(Cc1ccc(OCCF)cc1)C[C@H](O)COc1ccccc1. The Bertz CT molecular complexity index is 577. The quantitative estimate of drug-likeness (QED) is 0.726. The Hall–Kier alpha value is -2.11. The molecule has 0 saturated carbocycles. The summed E-state index contributed by atoms with van der Waals surface area (Å²) in [5.41, 5.74) is 1.10. The summed E-state index contributed by atoms with van der Waals surface area (Å²) in [7, 11) is 1.94. The van der Waals surface area contributed by atoms with E-state index >= 15 is 0 Å². The highest BCUT2D eigenvalue weighted by atomic mass is 19.1. The van der Waals surface area contributed by atoms with Gasteiger partial charge in [0.15, 0.2) is 0 Å². The van der Waals surface area contributed by atoms with E-state index < -0.39 is 12.8 Å². The maximum absolute atomic E-state index is 12.1. The lowest BCUT2D eigenvalue weighted by Crippen LogP contribution is -2.32. The first kappa shape index (κ1) is 18.2. The van der Waals surface area contributed by atoms with Crippen molar-refractivity contribution in [3.63, 3.8) is 0 Å². The van der Waals surface area contributed by atoms with Crippen molar-refractivity contribution >= 4 is 0 Å². The minimum atomic E-state index is -0.567. The van der Waals surface area contributed by atoms with Crippen LogP contribution in [0, 0.1) is 0 Å². The van der Waals surface area contributed by atoms with E-state index in [4.69, 9.17) is 9.47 Å². The number of para-hydroxylation sites is 1. The number of hydrogen-bond acceptors (Lipinski definition) is 4. The number of rotatable bonds is 10. The van der Waals surface area contributed by atoms with Gasteiger partial charge >= 0.3 is 0 Å². The summed E-state index contributed by atoms with van der Waals surface area (Å²) in [6.07, 6.45) is -0.567. The molecule has 130 valence electrons. The van der Waals surface area contributed by atoms with Gasteiger partial charge in [0.1, 0.15) is 37.5 Å². The van der Waals surface area contributed by atoms with Gasteiger partial charge < -0.3 is 14.6 Å². The van der Waals surface area contributed by atoms with E-state index in [1.165, 1.54) is 0 Å². The summed E-state index contributed by atoms with van der Waals surface area (Å²) in [5.74, 6) is 1.42. The largest absolute Gasteiger partial charge is 0.491 e. The van der Waals surface area contributed by atoms with Gasteiger partial charge in [0.2, 0.25) is 0 Å². The van der Waals surface area contributed by atoms with Crippen molar-refractivity contribution in [3.05, 3.63) is 60.2 Å². The van der Waals surface area contributed by atoms with E-state index in [9.17, 15) is 9.50 Å². The van der Waals surface area contributed by atoms with Crippen LogP contribution in [-0.2, 0) is 6.54 Å². The minimum Gasteiger partial charge on any atom is -0.491 e. The van der Waals surface area contributed by atoms with E-state index in [2.05, 4.69) is 0 Å². The molecule has 0 radical (unpaired) electrons. The molecule has 1 N–H and O–H groups in total. The van der Waals surface area contributed by atoms with Gasteiger partial charge in [-0.15, -0.1) is 0 Å². The van der Waals surface area contributed by atoms with Crippen molar-refractivity contribution in [1.82, 2.24) is 4.90 Å². The molecule has 2 aromatic carbocycles. The van der Waals surface area contributed by atoms with Gasteiger partial charge in [-0.25, -0.2) is 4.39 Å². The monoisotopic (exact) mass is 333 g/mol. The maximum atomic E-state index is 12.1. The molecule has 0 aromatic heterocycles. The highest BCUT2D eigenvalue weighted by Crippen LogP contribution is 2.14. The predicted octanol–water partition coefficient (Wildman–Crippen LogP) is 2.91. The Morgan fingerprint density at radius 1 is 1.00 bits per heavy atom. The molecular weight excluding hydrogens is 309 g/mol. The fourth-order valence-corrected chi connectivity index (χ4v) is 2.35. The Kier molecular flexibility index (Phi) is 7.52. The Morgan fingerprint density at radius 3 is 2.33 bits per heavy atom. The molecule has 0 spiro atoms. The number of nitrogens with zero attached hydrogens (tertiary/aromatic N) is 1. The number of ether oxygens (including phenoxy) is 2. The molecule has 0 bridgehead atoms. The van der Waals surface area contributed by atoms with Crippen molar-refractivity contribution in [2.75, 3.05) is 33.5 Å². The van der Waals surface area contributed by atoms with Crippen molar-refractivity contribution in [3.8, 4) is 11.5 Å². The second kappa shape index (κ2) is 9.90. The fraction of sp³-hybridized carbons (Fsp3) is 0.368. The highest BCUT2D eigenvalue weighted by Gasteiger charge is 2.10. The third-order valence-corrected chi connectivity index (χ3v) is 3.43. The van der Waals surface area contributed by atoms with Gasteiger partial charge in [-0.05, 0) is 36.9 Å². The molecular formula is C19H24FNO3. The molecule has 24 heavy (non-hydrogen) atoms. The molecule has 2 aromatic rings. The van der Waals surface area contributed by atoms with Crippen LogP contribution in [0.1, 0.15) is 5.56 Å². The molecule has 0 fully saturated rings. The van der Waals surface area contributed by atoms with Crippen molar-refractivity contribution in [2.45, 2.75) is 12.6 Å². The van der Waals surface area contributed by atoms with Crippen LogP contribution in [-0.4, -0.2) is 49.6 Å². The third kappa shape index (κ3) is 6.56. The molecule has 2 rings (SSSR count). The van der Waals surface area contributed by atoms with Crippen LogP contribution in [0.5, 0.6) is 11.5 Å². The average Bonchev–Trinajstić information content (AvgIpc) is 2.60. The minimum absolute atomic E-state index is 0.0762. The second-order valence-electron chi connectivity index (χ2n) is 5.66. The third-order valence-electron chi connectivity index (χ3n) is 3.43. The van der Waals surface area contributed by atoms with Crippen LogP contribution in [0.2, 0.25) is 0 Å². The predicted molar refractivity (Wildman–Crippen MR) is 92.2 cm³/mol. The zero-order valence-electron chi connectivity index (χ0n) is 13.9.